The molecule has 0 unspecified atom stereocenters. The lowest BCUT2D eigenvalue weighted by Gasteiger charge is -2.21. The minimum Gasteiger partial charge on any atom is -0.427 e. The Hall–Kier alpha value is -3.22. The second-order valence-corrected chi connectivity index (χ2v) is 7.86. The summed E-state index contributed by atoms with van der Waals surface area (Å²) in [6.45, 7) is 1.28. The number of amides is 2. The van der Waals surface area contributed by atoms with Gasteiger partial charge in [0.15, 0.2) is 0 Å². The monoisotopic (exact) mass is 426 g/mol. The Morgan fingerprint density at radius 2 is 1.71 bits per heavy atom. The molecule has 2 amide bonds. The van der Waals surface area contributed by atoms with Crippen LogP contribution in [0.4, 0.5) is 15.8 Å². The minimum atomic E-state index is -0.606. The van der Waals surface area contributed by atoms with Crippen LogP contribution >= 0.6 is 0 Å². The van der Waals surface area contributed by atoms with Crippen LogP contribution in [0.3, 0.4) is 0 Å². The smallest absolute Gasteiger partial charge is 0.308 e. The first-order valence-corrected chi connectivity index (χ1v) is 10.6. The van der Waals surface area contributed by atoms with Crippen LogP contribution in [-0.4, -0.2) is 17.8 Å². The molecule has 6 nitrogen and oxygen atoms in total. The van der Waals surface area contributed by atoms with Crippen LogP contribution in [0.2, 0.25) is 0 Å². The maximum atomic E-state index is 14.2. The maximum absolute atomic E-state index is 14.2. The highest BCUT2D eigenvalue weighted by Crippen LogP contribution is 2.27. The lowest BCUT2D eigenvalue weighted by atomic mass is 9.86. The van der Waals surface area contributed by atoms with Crippen molar-refractivity contribution >= 4 is 29.2 Å². The zero-order valence-corrected chi connectivity index (χ0v) is 17.6. The van der Waals surface area contributed by atoms with Gasteiger partial charge in [-0.1, -0.05) is 32.1 Å². The van der Waals surface area contributed by atoms with Crippen molar-refractivity contribution in [1.29, 1.82) is 0 Å². The van der Waals surface area contributed by atoms with Crippen molar-refractivity contribution in [3.05, 3.63) is 53.8 Å². The van der Waals surface area contributed by atoms with E-state index in [1.54, 1.807) is 0 Å². The second kappa shape index (κ2) is 10.7. The molecule has 1 aliphatic carbocycles. The normalized spacial score (nSPS) is 14.0. The molecule has 0 aliphatic heterocycles. The Balaban J connectivity index is 1.57. The highest BCUT2D eigenvalue weighted by Gasteiger charge is 2.16. The van der Waals surface area contributed by atoms with Crippen molar-refractivity contribution in [3.63, 3.8) is 0 Å². The van der Waals surface area contributed by atoms with Gasteiger partial charge in [0.25, 0.3) is 5.91 Å². The molecule has 1 saturated carbocycles. The van der Waals surface area contributed by atoms with E-state index in [0.29, 0.717) is 23.8 Å². The third kappa shape index (κ3) is 6.91. The molecular formula is C24H27FN2O4. The fraction of sp³-hybridized carbons (Fsp3) is 0.375. The Kier molecular flexibility index (Phi) is 7.76. The van der Waals surface area contributed by atoms with E-state index in [2.05, 4.69) is 10.6 Å². The summed E-state index contributed by atoms with van der Waals surface area (Å²) in [5.41, 5.74) is 0.673. The molecule has 0 heterocycles. The average molecular weight is 426 g/mol. The molecule has 2 aromatic carbocycles. The summed E-state index contributed by atoms with van der Waals surface area (Å²) in [7, 11) is 0. The molecule has 7 heteroatoms. The molecule has 1 fully saturated rings. The third-order valence-corrected chi connectivity index (χ3v) is 5.38. The predicted molar refractivity (Wildman–Crippen MR) is 117 cm³/mol. The predicted octanol–water partition coefficient (Wildman–Crippen LogP) is 5.30. The highest BCUT2D eigenvalue weighted by molar-refractivity contribution is 6.04. The van der Waals surface area contributed by atoms with E-state index in [9.17, 15) is 18.8 Å². The second-order valence-electron chi connectivity index (χ2n) is 7.86. The topological polar surface area (TPSA) is 84.5 Å². The Labute approximate surface area is 181 Å². The van der Waals surface area contributed by atoms with Gasteiger partial charge in [0.1, 0.15) is 11.6 Å². The summed E-state index contributed by atoms with van der Waals surface area (Å²) in [6.07, 6.45) is 7.41. The molecule has 0 radical (unpaired) electrons. The van der Waals surface area contributed by atoms with E-state index in [4.69, 9.17) is 4.74 Å². The summed E-state index contributed by atoms with van der Waals surface area (Å²) in [5.74, 6) is -0.783. The summed E-state index contributed by atoms with van der Waals surface area (Å²) in [4.78, 5) is 35.7. The number of benzene rings is 2. The van der Waals surface area contributed by atoms with Gasteiger partial charge in [-0.05, 0) is 54.8 Å². The van der Waals surface area contributed by atoms with Crippen molar-refractivity contribution < 1.29 is 23.5 Å². The van der Waals surface area contributed by atoms with Gasteiger partial charge in [0, 0.05) is 24.6 Å². The first-order valence-electron chi connectivity index (χ1n) is 10.6. The molecule has 0 atom stereocenters. The zero-order chi connectivity index (χ0) is 22.2. The van der Waals surface area contributed by atoms with Crippen LogP contribution in [-0.2, 0) is 9.59 Å². The molecule has 0 bridgehead atoms. The van der Waals surface area contributed by atoms with Gasteiger partial charge >= 0.3 is 5.97 Å². The molecule has 0 saturated heterocycles. The largest absolute Gasteiger partial charge is 0.427 e. The number of hydrogen-bond donors (Lipinski definition) is 2. The van der Waals surface area contributed by atoms with Gasteiger partial charge < -0.3 is 15.4 Å². The molecule has 0 spiro atoms. The number of esters is 1. The van der Waals surface area contributed by atoms with Crippen LogP contribution in [0.25, 0.3) is 0 Å². The lowest BCUT2D eigenvalue weighted by molar-refractivity contribution is -0.131. The molecule has 31 heavy (non-hydrogen) atoms. The van der Waals surface area contributed by atoms with Gasteiger partial charge in [-0.3, -0.25) is 14.4 Å². The lowest BCUT2D eigenvalue weighted by Crippen LogP contribution is -2.16. The molecule has 3 rings (SSSR count). The number of halogens is 1. The average Bonchev–Trinajstić information content (AvgIpc) is 2.75. The molecule has 2 aromatic rings. The van der Waals surface area contributed by atoms with E-state index < -0.39 is 17.7 Å². The number of nitrogens with one attached hydrogen (secondary N) is 2. The van der Waals surface area contributed by atoms with Crippen molar-refractivity contribution in [3.8, 4) is 5.75 Å². The Morgan fingerprint density at radius 1 is 1.00 bits per heavy atom. The van der Waals surface area contributed by atoms with Gasteiger partial charge in [-0.15, -0.1) is 0 Å². The fourth-order valence-electron chi connectivity index (χ4n) is 3.77. The van der Waals surface area contributed by atoms with Crippen molar-refractivity contribution in [2.75, 3.05) is 10.6 Å². The van der Waals surface area contributed by atoms with Crippen LogP contribution in [0, 0.1) is 11.7 Å². The molecular weight excluding hydrogens is 399 g/mol. The highest BCUT2D eigenvalue weighted by atomic mass is 19.1. The van der Waals surface area contributed by atoms with Crippen molar-refractivity contribution in [2.45, 2.75) is 51.9 Å². The molecule has 1 aliphatic rings. The van der Waals surface area contributed by atoms with E-state index in [-0.39, 0.29) is 17.2 Å². The van der Waals surface area contributed by atoms with Gasteiger partial charge in [-0.25, -0.2) is 4.39 Å². The van der Waals surface area contributed by atoms with Gasteiger partial charge in [0.2, 0.25) is 5.91 Å². The quantitative estimate of drug-likeness (QED) is 0.465. The number of anilines is 2. The minimum absolute atomic E-state index is 0.0286. The summed E-state index contributed by atoms with van der Waals surface area (Å²) < 4.78 is 19.1. The van der Waals surface area contributed by atoms with E-state index in [0.717, 1.165) is 6.42 Å². The first-order chi connectivity index (χ1) is 14.9. The zero-order valence-electron chi connectivity index (χ0n) is 17.6. The molecule has 164 valence electrons. The number of carbonyl (C=O) groups excluding carboxylic acids is 3. The van der Waals surface area contributed by atoms with Crippen molar-refractivity contribution in [1.82, 2.24) is 0 Å². The summed E-state index contributed by atoms with van der Waals surface area (Å²) >= 11 is 0. The van der Waals surface area contributed by atoms with Gasteiger partial charge in [0.05, 0.1) is 5.69 Å². The Bertz CT molecular complexity index is 937. The van der Waals surface area contributed by atoms with E-state index in [1.165, 1.54) is 81.5 Å². The summed E-state index contributed by atoms with van der Waals surface area (Å²) in [6, 6.07) is 9.99. The van der Waals surface area contributed by atoms with Crippen molar-refractivity contribution in [2.24, 2.45) is 5.92 Å². The third-order valence-electron chi connectivity index (χ3n) is 5.38. The van der Waals surface area contributed by atoms with Crippen LogP contribution in [0.1, 0.15) is 62.2 Å². The number of carbonyl (C=O) groups is 3. The van der Waals surface area contributed by atoms with Crippen LogP contribution in [0.15, 0.2) is 42.5 Å². The van der Waals surface area contributed by atoms with Gasteiger partial charge in [-0.2, -0.15) is 0 Å². The van der Waals surface area contributed by atoms with Crippen LogP contribution in [0.5, 0.6) is 5.75 Å². The maximum Gasteiger partial charge on any atom is 0.308 e. The fourth-order valence-corrected chi connectivity index (χ4v) is 3.77. The number of hydrogen-bond acceptors (Lipinski definition) is 4. The van der Waals surface area contributed by atoms with E-state index in [1.807, 2.05) is 0 Å². The SMILES string of the molecule is CC(=O)Oc1ccc(C(=O)Nc2cc(NC(=O)CCC3CCCCC3)ccc2F)cc1. The standard InChI is InChI=1S/C24H27FN2O4/c1-16(28)31-20-11-8-18(9-12-20)24(30)27-22-15-19(10-13-21(22)25)26-23(29)14-7-17-5-3-2-4-6-17/h8-13,15,17H,2-7,14H2,1H3,(H,26,29)(H,27,30). The Morgan fingerprint density at radius 3 is 2.39 bits per heavy atom. The number of ether oxygens (including phenoxy) is 1. The first kappa shape index (κ1) is 22.5. The summed E-state index contributed by atoms with van der Waals surface area (Å²) in [5, 5.41) is 5.29. The number of rotatable bonds is 7. The van der Waals surface area contributed by atoms with Crippen LogP contribution < -0.4 is 15.4 Å². The molecule has 2 N–H and O–H groups in total. The molecule has 0 aromatic heterocycles. The van der Waals surface area contributed by atoms with E-state index >= 15 is 0 Å².